The molecule has 0 aromatic carbocycles. The van der Waals surface area contributed by atoms with Crippen molar-refractivity contribution in [2.45, 2.75) is 38.4 Å². The van der Waals surface area contributed by atoms with E-state index in [0.717, 1.165) is 0 Å². The Kier molecular flexibility index (Phi) is 2.32. The molecule has 1 N–H and O–H groups in total. The fraction of sp³-hybridized carbons (Fsp3) is 0.750. The standard InChI is InChI=1S/C8H14O3/c1-4-5-6-7(9)11-8(2,3)10-6/h4,6-7,9H,1,5H2,2-3H3/t6-,7?/m0/s1. The van der Waals surface area contributed by atoms with Gasteiger partial charge in [0.25, 0.3) is 0 Å². The van der Waals surface area contributed by atoms with Crippen molar-refractivity contribution in [2.24, 2.45) is 0 Å². The van der Waals surface area contributed by atoms with Gasteiger partial charge in [-0.2, -0.15) is 0 Å². The van der Waals surface area contributed by atoms with Gasteiger partial charge in [0.15, 0.2) is 12.1 Å². The summed E-state index contributed by atoms with van der Waals surface area (Å²) >= 11 is 0. The maximum absolute atomic E-state index is 9.26. The minimum atomic E-state index is -0.817. The van der Waals surface area contributed by atoms with Gasteiger partial charge in [-0.05, 0) is 20.3 Å². The molecule has 0 amide bonds. The molecule has 64 valence electrons. The predicted molar refractivity (Wildman–Crippen MR) is 40.9 cm³/mol. The minimum absolute atomic E-state index is 0.262. The van der Waals surface area contributed by atoms with Crippen molar-refractivity contribution in [3.8, 4) is 0 Å². The van der Waals surface area contributed by atoms with Gasteiger partial charge < -0.3 is 14.6 Å². The molecule has 1 saturated heterocycles. The van der Waals surface area contributed by atoms with Crippen LogP contribution in [0.1, 0.15) is 20.3 Å². The summed E-state index contributed by atoms with van der Waals surface area (Å²) in [7, 11) is 0. The summed E-state index contributed by atoms with van der Waals surface area (Å²) in [4.78, 5) is 0. The van der Waals surface area contributed by atoms with Crippen molar-refractivity contribution in [1.29, 1.82) is 0 Å². The van der Waals surface area contributed by atoms with Crippen LogP contribution in [0.15, 0.2) is 12.7 Å². The second-order valence-electron chi connectivity index (χ2n) is 3.09. The van der Waals surface area contributed by atoms with Crippen LogP contribution in [0.5, 0.6) is 0 Å². The Hall–Kier alpha value is -0.380. The van der Waals surface area contributed by atoms with Crippen LogP contribution in [0, 0.1) is 0 Å². The Morgan fingerprint density at radius 2 is 2.18 bits per heavy atom. The molecule has 0 aromatic heterocycles. The summed E-state index contributed by atoms with van der Waals surface area (Å²) < 4.78 is 10.5. The van der Waals surface area contributed by atoms with Crippen molar-refractivity contribution in [3.05, 3.63) is 12.7 Å². The molecule has 1 unspecified atom stereocenters. The van der Waals surface area contributed by atoms with Crippen LogP contribution in [-0.4, -0.2) is 23.3 Å². The number of aliphatic hydroxyl groups is 1. The lowest BCUT2D eigenvalue weighted by molar-refractivity contribution is -0.174. The molecule has 1 aliphatic heterocycles. The van der Waals surface area contributed by atoms with E-state index in [9.17, 15) is 5.11 Å². The molecule has 1 aliphatic rings. The van der Waals surface area contributed by atoms with Crippen molar-refractivity contribution >= 4 is 0 Å². The summed E-state index contributed by atoms with van der Waals surface area (Å²) in [5.41, 5.74) is 0. The molecule has 3 nitrogen and oxygen atoms in total. The second-order valence-corrected chi connectivity index (χ2v) is 3.09. The molecule has 1 rings (SSSR count). The first-order valence-electron chi connectivity index (χ1n) is 3.70. The lowest BCUT2D eigenvalue weighted by Gasteiger charge is -2.15. The van der Waals surface area contributed by atoms with E-state index < -0.39 is 12.1 Å². The first kappa shape index (κ1) is 8.71. The maximum atomic E-state index is 9.26. The Morgan fingerprint density at radius 3 is 2.55 bits per heavy atom. The minimum Gasteiger partial charge on any atom is -0.366 e. The Labute approximate surface area is 66.6 Å². The molecule has 0 radical (unpaired) electrons. The molecule has 0 saturated carbocycles. The lowest BCUT2D eigenvalue weighted by Crippen LogP contribution is -2.21. The molecule has 11 heavy (non-hydrogen) atoms. The van der Waals surface area contributed by atoms with Crippen LogP contribution >= 0.6 is 0 Å². The number of aliphatic hydroxyl groups excluding tert-OH is 1. The predicted octanol–water partition coefficient (Wildman–Crippen LogP) is 1.03. The monoisotopic (exact) mass is 158 g/mol. The first-order chi connectivity index (χ1) is 5.05. The average molecular weight is 158 g/mol. The van der Waals surface area contributed by atoms with E-state index in [1.165, 1.54) is 0 Å². The van der Waals surface area contributed by atoms with Crippen LogP contribution in [0.25, 0.3) is 0 Å². The summed E-state index contributed by atoms with van der Waals surface area (Å²) in [5, 5.41) is 9.26. The molecular formula is C8H14O3. The topological polar surface area (TPSA) is 38.7 Å². The van der Waals surface area contributed by atoms with Crippen LogP contribution in [0.4, 0.5) is 0 Å². The second kappa shape index (κ2) is 2.93. The molecule has 0 aromatic rings. The van der Waals surface area contributed by atoms with Gasteiger partial charge in [-0.1, -0.05) is 6.08 Å². The third-order valence-electron chi connectivity index (χ3n) is 1.56. The summed E-state index contributed by atoms with van der Waals surface area (Å²) in [6.45, 7) is 7.11. The Balaban J connectivity index is 2.51. The zero-order valence-electron chi connectivity index (χ0n) is 6.91. The van der Waals surface area contributed by atoms with E-state index in [2.05, 4.69) is 6.58 Å². The van der Waals surface area contributed by atoms with Gasteiger partial charge in [0.05, 0.1) is 0 Å². The third kappa shape index (κ3) is 2.02. The number of ether oxygens (including phenoxy) is 2. The van der Waals surface area contributed by atoms with E-state index in [0.29, 0.717) is 6.42 Å². The van der Waals surface area contributed by atoms with E-state index in [4.69, 9.17) is 9.47 Å². The highest BCUT2D eigenvalue weighted by Gasteiger charge is 2.39. The fourth-order valence-electron chi connectivity index (χ4n) is 1.15. The summed E-state index contributed by atoms with van der Waals surface area (Å²) in [6.07, 6.45) is 1.24. The zero-order valence-corrected chi connectivity index (χ0v) is 6.91. The zero-order chi connectivity index (χ0) is 8.48. The van der Waals surface area contributed by atoms with Crippen LogP contribution in [-0.2, 0) is 9.47 Å². The SMILES string of the molecule is C=CC[C@@H]1OC(C)(C)OC1O. The van der Waals surface area contributed by atoms with E-state index in [-0.39, 0.29) is 6.10 Å². The molecule has 0 bridgehead atoms. The van der Waals surface area contributed by atoms with Gasteiger partial charge in [-0.15, -0.1) is 6.58 Å². The quantitative estimate of drug-likeness (QED) is 0.610. The number of hydrogen-bond donors (Lipinski definition) is 1. The van der Waals surface area contributed by atoms with Crippen LogP contribution < -0.4 is 0 Å². The van der Waals surface area contributed by atoms with Gasteiger partial charge in [0.1, 0.15) is 6.10 Å². The van der Waals surface area contributed by atoms with Gasteiger partial charge in [-0.25, -0.2) is 0 Å². The summed E-state index contributed by atoms with van der Waals surface area (Å²) in [5.74, 6) is -0.660. The molecule has 2 atom stereocenters. The highest BCUT2D eigenvalue weighted by atomic mass is 16.8. The molecule has 1 fully saturated rings. The highest BCUT2D eigenvalue weighted by molar-refractivity contribution is 4.81. The Bertz CT molecular complexity index is 153. The van der Waals surface area contributed by atoms with E-state index >= 15 is 0 Å². The Morgan fingerprint density at radius 1 is 1.55 bits per heavy atom. The number of hydrogen-bond acceptors (Lipinski definition) is 3. The largest absolute Gasteiger partial charge is 0.366 e. The highest BCUT2D eigenvalue weighted by Crippen LogP contribution is 2.28. The molecule has 1 heterocycles. The number of rotatable bonds is 2. The van der Waals surface area contributed by atoms with Crippen molar-refractivity contribution < 1.29 is 14.6 Å². The van der Waals surface area contributed by atoms with E-state index in [1.54, 1.807) is 19.9 Å². The van der Waals surface area contributed by atoms with Crippen molar-refractivity contribution in [2.75, 3.05) is 0 Å². The van der Waals surface area contributed by atoms with Crippen molar-refractivity contribution in [3.63, 3.8) is 0 Å². The van der Waals surface area contributed by atoms with Gasteiger partial charge >= 0.3 is 0 Å². The third-order valence-corrected chi connectivity index (χ3v) is 1.56. The van der Waals surface area contributed by atoms with E-state index in [1.807, 2.05) is 0 Å². The molecule has 3 heteroatoms. The summed E-state index contributed by atoms with van der Waals surface area (Å²) in [6, 6.07) is 0. The maximum Gasteiger partial charge on any atom is 0.184 e. The smallest absolute Gasteiger partial charge is 0.184 e. The van der Waals surface area contributed by atoms with Crippen LogP contribution in [0.3, 0.4) is 0 Å². The van der Waals surface area contributed by atoms with Crippen LogP contribution in [0.2, 0.25) is 0 Å². The molecular weight excluding hydrogens is 144 g/mol. The average Bonchev–Trinajstić information content (AvgIpc) is 2.07. The molecule has 0 spiro atoms. The lowest BCUT2D eigenvalue weighted by atomic mass is 10.2. The fourth-order valence-corrected chi connectivity index (χ4v) is 1.15. The van der Waals surface area contributed by atoms with Crippen molar-refractivity contribution in [1.82, 2.24) is 0 Å². The van der Waals surface area contributed by atoms with Gasteiger partial charge in [-0.3, -0.25) is 0 Å². The molecule has 0 aliphatic carbocycles. The van der Waals surface area contributed by atoms with Gasteiger partial charge in [0, 0.05) is 0 Å². The first-order valence-corrected chi connectivity index (χ1v) is 3.70. The van der Waals surface area contributed by atoms with Gasteiger partial charge in [0.2, 0.25) is 0 Å². The normalized spacial score (nSPS) is 35.5.